The zero-order valence-corrected chi connectivity index (χ0v) is 54.7. The lowest BCUT2D eigenvalue weighted by atomic mass is 9.95. The minimum Gasteiger partial charge on any atom is -0.476 e. The predicted octanol–water partition coefficient (Wildman–Crippen LogP) is 12.0. The zero-order valence-electron chi connectivity index (χ0n) is 51.9. The molecule has 6 rings (SSSR count). The lowest BCUT2D eigenvalue weighted by molar-refractivity contribution is -0.292. The van der Waals surface area contributed by atoms with Gasteiger partial charge < -0.3 is 38.3 Å². The van der Waals surface area contributed by atoms with Crippen LogP contribution in [0.15, 0.2) is 90.3 Å². The number of carbonyl (C=O) groups excluding carboxylic acids is 2. The molecule has 0 bridgehead atoms. The number of esters is 2. The first kappa shape index (κ1) is 75.4. The summed E-state index contributed by atoms with van der Waals surface area (Å²) >= 11 is 0. The summed E-state index contributed by atoms with van der Waals surface area (Å²) in [5.74, 6) is -9.71. The van der Waals surface area contributed by atoms with Crippen LogP contribution in [0.5, 0.6) is 17.8 Å². The highest BCUT2D eigenvalue weighted by Gasteiger charge is 2.59. The Balaban J connectivity index is 0.000000340. The molecule has 0 saturated heterocycles. The second kappa shape index (κ2) is 30.8. The van der Waals surface area contributed by atoms with Crippen molar-refractivity contribution >= 4 is 37.9 Å². The predicted molar refractivity (Wildman–Crippen MR) is 316 cm³/mol. The first-order valence-electron chi connectivity index (χ1n) is 27.4. The molecule has 498 valence electrons. The van der Waals surface area contributed by atoms with E-state index in [1.807, 2.05) is 30.3 Å². The van der Waals surface area contributed by atoms with Crippen LogP contribution in [0.25, 0.3) is 45.0 Å². The van der Waals surface area contributed by atoms with Gasteiger partial charge in [0, 0.05) is 82.4 Å². The quantitative estimate of drug-likeness (QED) is 0.0218. The van der Waals surface area contributed by atoms with Crippen molar-refractivity contribution in [1.29, 1.82) is 0 Å². The molecular weight excluding hydrogens is 1270 g/mol. The fraction of sp³-hybridized carbons (Fsp3) is 0.509. The van der Waals surface area contributed by atoms with Gasteiger partial charge in [0.25, 0.3) is 0 Å². The van der Waals surface area contributed by atoms with Crippen molar-refractivity contribution in [2.45, 2.75) is 122 Å². The molecule has 6 aromatic rings. The van der Waals surface area contributed by atoms with E-state index in [-0.39, 0.29) is 43.6 Å². The van der Waals surface area contributed by atoms with Gasteiger partial charge in [-0.2, -0.15) is 58.6 Å². The standard InChI is InChI=1S/C28H35F5N4O5Si.C26H36N4O6SSi.C3H3F5O/c1-26(2,24(38)39-3)16-41-22-12-11-21(15-34-22)19-7-9-20(10-8-19)23-35-25(42-17-27(29,30)28(31,32)33)37(36-23)18-40-13-14-43(4,5)6;1-26(2,24(31)34-3)17-36-22-13-12-21(16-27-22)19-8-10-20(11-9-19)23-28-25(37(4,32)33)30(29-23)18-35-14-15-38(5,6)7;4-2(5,1-9)3(6,7)8/h7-12,15H,13-14,16-18H2,1-6H3;8-13,16H,14-15,17-18H2,1-7H3;9H,1H2. The normalized spacial score (nSPS) is 12.7. The third-order valence-electron chi connectivity index (χ3n) is 12.5. The van der Waals surface area contributed by atoms with Crippen LogP contribution >= 0.6 is 0 Å². The number of methoxy groups -OCH3 is 2. The number of halogens is 10. The Morgan fingerprint density at radius 1 is 0.522 bits per heavy atom. The number of carbonyl (C=O) groups is 2. The zero-order chi connectivity index (χ0) is 67.9. The van der Waals surface area contributed by atoms with Gasteiger partial charge in [0.1, 0.15) is 33.3 Å². The van der Waals surface area contributed by atoms with Crippen LogP contribution in [0.1, 0.15) is 27.7 Å². The van der Waals surface area contributed by atoms with Crippen molar-refractivity contribution in [2.75, 3.05) is 60.1 Å². The van der Waals surface area contributed by atoms with Gasteiger partial charge in [-0.3, -0.25) is 9.59 Å². The maximum atomic E-state index is 13.5. The smallest absolute Gasteiger partial charge is 0.456 e. The highest BCUT2D eigenvalue weighted by molar-refractivity contribution is 7.90. The first-order valence-corrected chi connectivity index (χ1v) is 36.7. The number of sulfone groups is 1. The Labute approximate surface area is 516 Å². The Hall–Kier alpha value is -7.08. The molecule has 0 aliphatic heterocycles. The van der Waals surface area contributed by atoms with Crippen LogP contribution < -0.4 is 14.2 Å². The molecule has 0 saturated carbocycles. The summed E-state index contributed by atoms with van der Waals surface area (Å²) in [6.45, 7) is 16.8. The van der Waals surface area contributed by atoms with Crippen molar-refractivity contribution in [3.8, 4) is 62.8 Å². The van der Waals surface area contributed by atoms with Crippen molar-refractivity contribution in [1.82, 2.24) is 39.5 Å². The Bertz CT molecular complexity index is 3380. The largest absolute Gasteiger partial charge is 0.476 e. The lowest BCUT2D eigenvalue weighted by Crippen LogP contribution is -2.42. The van der Waals surface area contributed by atoms with Crippen LogP contribution in [0, 0.1) is 10.8 Å². The number of ether oxygens (including phenoxy) is 7. The van der Waals surface area contributed by atoms with E-state index < -0.39 is 86.2 Å². The number of hydrogen-bond donors (Lipinski definition) is 1. The molecule has 0 atom stereocenters. The Morgan fingerprint density at radius 2 is 0.889 bits per heavy atom. The molecule has 90 heavy (non-hydrogen) atoms. The van der Waals surface area contributed by atoms with Gasteiger partial charge in [-0.15, -0.1) is 10.2 Å². The molecule has 33 heteroatoms. The molecule has 0 radical (unpaired) electrons. The third-order valence-corrected chi connectivity index (χ3v) is 16.9. The van der Waals surface area contributed by atoms with E-state index in [0.29, 0.717) is 41.9 Å². The number of alkyl halides is 10. The highest BCUT2D eigenvalue weighted by Crippen LogP contribution is 2.37. The number of pyridine rings is 2. The molecular formula is C57H74F10N8O12SSi2. The number of aliphatic hydroxyl groups is 1. The molecule has 4 aromatic heterocycles. The van der Waals surface area contributed by atoms with E-state index >= 15 is 0 Å². The van der Waals surface area contributed by atoms with Crippen molar-refractivity contribution in [2.24, 2.45) is 10.8 Å². The molecule has 0 unspecified atom stereocenters. The summed E-state index contributed by atoms with van der Waals surface area (Å²) in [6, 6.07) is 22.6. The number of aliphatic hydroxyl groups excluding tert-OH is 1. The van der Waals surface area contributed by atoms with Crippen LogP contribution in [0.2, 0.25) is 51.4 Å². The Kier molecular flexibility index (Phi) is 25.8. The van der Waals surface area contributed by atoms with E-state index in [0.717, 1.165) is 45.3 Å². The van der Waals surface area contributed by atoms with E-state index in [9.17, 15) is 61.9 Å². The van der Waals surface area contributed by atoms with Gasteiger partial charge in [-0.1, -0.05) is 87.8 Å². The number of benzene rings is 2. The van der Waals surface area contributed by atoms with Gasteiger partial charge in [0.15, 0.2) is 18.3 Å². The lowest BCUT2D eigenvalue weighted by Gasteiger charge is -2.21. The molecule has 4 heterocycles. The number of aromatic nitrogens is 8. The second-order valence-corrected chi connectivity index (χ2v) is 37.2. The van der Waals surface area contributed by atoms with Crippen LogP contribution in [-0.4, -0.2) is 165 Å². The second-order valence-electron chi connectivity index (χ2n) is 24.0. The van der Waals surface area contributed by atoms with E-state index in [2.05, 4.69) is 69.4 Å². The van der Waals surface area contributed by atoms with E-state index in [1.54, 1.807) is 82.6 Å². The van der Waals surface area contributed by atoms with Gasteiger partial charge in [-0.05, 0) is 63.0 Å². The highest BCUT2D eigenvalue weighted by atomic mass is 32.2. The average molecular weight is 1340 g/mol. The van der Waals surface area contributed by atoms with Crippen molar-refractivity contribution in [3.63, 3.8) is 0 Å². The maximum absolute atomic E-state index is 13.5. The summed E-state index contributed by atoms with van der Waals surface area (Å²) in [6.07, 6.45) is -7.03. The first-order chi connectivity index (χ1) is 41.4. The molecule has 0 aliphatic carbocycles. The minimum absolute atomic E-state index is 0.0227. The van der Waals surface area contributed by atoms with Crippen LogP contribution in [0.3, 0.4) is 0 Å². The molecule has 0 amide bonds. The Morgan fingerprint density at radius 3 is 1.22 bits per heavy atom. The molecule has 0 spiro atoms. The molecule has 2 aromatic carbocycles. The molecule has 0 aliphatic rings. The number of rotatable bonds is 27. The van der Waals surface area contributed by atoms with E-state index in [1.165, 1.54) is 18.9 Å². The van der Waals surface area contributed by atoms with Crippen molar-refractivity contribution < 1.29 is 100 Å². The summed E-state index contributed by atoms with van der Waals surface area (Å²) in [7, 11) is -3.63. The molecule has 1 N–H and O–H groups in total. The van der Waals surface area contributed by atoms with Gasteiger partial charge in [0.05, 0.1) is 25.0 Å². The van der Waals surface area contributed by atoms with E-state index in [4.69, 9.17) is 38.3 Å². The van der Waals surface area contributed by atoms with Gasteiger partial charge in [0.2, 0.25) is 26.8 Å². The molecule has 20 nitrogen and oxygen atoms in total. The number of nitrogens with zero attached hydrogens (tertiary/aromatic N) is 8. The SMILES string of the molecule is COC(=O)C(C)(C)COc1ccc(-c2ccc(-c3nc(OCC(F)(F)C(F)(F)F)n(COCC[Si](C)(C)C)n3)cc2)cn1.COC(=O)C(C)(C)COc1ccc(-c2ccc(-c3nc(S(C)(=O)=O)n(COCC[Si](C)(C)C)n3)cc2)cn1.OCC(F)(F)C(F)(F)F. The minimum atomic E-state index is -5.77. The van der Waals surface area contributed by atoms with Gasteiger partial charge >= 0.3 is 42.1 Å². The topological polar surface area (TPSA) is 240 Å². The monoisotopic (exact) mass is 1340 g/mol. The fourth-order valence-electron chi connectivity index (χ4n) is 6.91. The third kappa shape index (κ3) is 23.0. The maximum Gasteiger partial charge on any atom is 0.456 e. The summed E-state index contributed by atoms with van der Waals surface area (Å²) in [5, 5.41) is 16.0. The average Bonchev–Trinajstić information content (AvgIpc) is 1.69. The van der Waals surface area contributed by atoms with Crippen LogP contribution in [-0.2, 0) is 51.8 Å². The summed E-state index contributed by atoms with van der Waals surface area (Å²) in [4.78, 5) is 40.6. The summed E-state index contributed by atoms with van der Waals surface area (Å²) in [5.41, 5.74) is 2.79. The van der Waals surface area contributed by atoms with Crippen LogP contribution in [0.4, 0.5) is 43.9 Å². The molecule has 0 fully saturated rings. The fourth-order valence-corrected chi connectivity index (χ4v) is 9.15. The van der Waals surface area contributed by atoms with Crippen molar-refractivity contribution in [3.05, 3.63) is 85.2 Å². The summed E-state index contributed by atoms with van der Waals surface area (Å²) < 4.78 is 184. The number of hydrogen-bond acceptors (Lipinski definition) is 18. The van der Waals surface area contributed by atoms with Gasteiger partial charge in [-0.25, -0.2) is 23.1 Å².